The SMILES string of the molecule is CCC(CN)C(N)c1ccc2c(c1)NC(=O)CS2. The molecule has 0 saturated carbocycles. The van der Waals surface area contributed by atoms with Gasteiger partial charge in [-0.05, 0) is 30.2 Å². The number of nitrogens with two attached hydrogens (primary N) is 2. The molecule has 4 nitrogen and oxygen atoms in total. The number of rotatable bonds is 4. The Morgan fingerprint density at radius 1 is 1.50 bits per heavy atom. The van der Waals surface area contributed by atoms with E-state index in [1.165, 1.54) is 0 Å². The van der Waals surface area contributed by atoms with Crippen LogP contribution in [-0.2, 0) is 4.79 Å². The minimum Gasteiger partial charge on any atom is -0.330 e. The number of carbonyl (C=O) groups excluding carboxylic acids is 1. The van der Waals surface area contributed by atoms with Gasteiger partial charge in [-0.25, -0.2) is 0 Å². The Balaban J connectivity index is 2.25. The maximum Gasteiger partial charge on any atom is 0.234 e. The summed E-state index contributed by atoms with van der Waals surface area (Å²) in [7, 11) is 0. The van der Waals surface area contributed by atoms with Gasteiger partial charge >= 0.3 is 0 Å². The summed E-state index contributed by atoms with van der Waals surface area (Å²) in [6.45, 7) is 2.67. The summed E-state index contributed by atoms with van der Waals surface area (Å²) in [4.78, 5) is 12.5. The van der Waals surface area contributed by atoms with Crippen molar-refractivity contribution in [3.05, 3.63) is 23.8 Å². The minimum atomic E-state index is -0.0749. The van der Waals surface area contributed by atoms with Crippen LogP contribution in [0.4, 0.5) is 5.69 Å². The summed E-state index contributed by atoms with van der Waals surface area (Å²) >= 11 is 1.56. The molecule has 0 spiro atoms. The first-order valence-electron chi connectivity index (χ1n) is 6.18. The second-order valence-electron chi connectivity index (χ2n) is 4.52. The third kappa shape index (κ3) is 2.68. The van der Waals surface area contributed by atoms with Crippen molar-refractivity contribution >= 4 is 23.4 Å². The third-order valence-electron chi connectivity index (χ3n) is 3.36. The Bertz CT molecular complexity index is 446. The number of anilines is 1. The average molecular weight is 265 g/mol. The summed E-state index contributed by atoms with van der Waals surface area (Å²) in [6.07, 6.45) is 0.954. The fraction of sp³-hybridized carbons (Fsp3) is 0.462. The Morgan fingerprint density at radius 2 is 2.28 bits per heavy atom. The lowest BCUT2D eigenvalue weighted by molar-refractivity contribution is -0.113. The van der Waals surface area contributed by atoms with Gasteiger partial charge in [-0.15, -0.1) is 11.8 Å². The van der Waals surface area contributed by atoms with Crippen LogP contribution in [0, 0.1) is 5.92 Å². The van der Waals surface area contributed by atoms with Crippen molar-refractivity contribution in [3.63, 3.8) is 0 Å². The average Bonchev–Trinajstić information content (AvgIpc) is 2.39. The van der Waals surface area contributed by atoms with E-state index in [9.17, 15) is 4.79 Å². The third-order valence-corrected chi connectivity index (χ3v) is 4.43. The lowest BCUT2D eigenvalue weighted by Crippen LogP contribution is -2.28. The normalized spacial score (nSPS) is 17.8. The van der Waals surface area contributed by atoms with E-state index in [0.29, 0.717) is 12.3 Å². The monoisotopic (exact) mass is 265 g/mol. The second kappa shape index (κ2) is 5.73. The Morgan fingerprint density at radius 3 is 2.94 bits per heavy atom. The van der Waals surface area contributed by atoms with E-state index in [1.807, 2.05) is 18.2 Å². The second-order valence-corrected chi connectivity index (χ2v) is 5.54. The summed E-state index contributed by atoms with van der Waals surface area (Å²) in [5.41, 5.74) is 13.9. The molecular weight excluding hydrogens is 246 g/mol. The molecule has 5 N–H and O–H groups in total. The predicted molar refractivity (Wildman–Crippen MR) is 75.6 cm³/mol. The molecule has 1 aliphatic heterocycles. The van der Waals surface area contributed by atoms with E-state index < -0.39 is 0 Å². The van der Waals surface area contributed by atoms with Crippen molar-refractivity contribution in [2.24, 2.45) is 17.4 Å². The summed E-state index contributed by atoms with van der Waals surface area (Å²) < 4.78 is 0. The van der Waals surface area contributed by atoms with Gasteiger partial charge in [0.2, 0.25) is 5.91 Å². The van der Waals surface area contributed by atoms with Gasteiger partial charge < -0.3 is 16.8 Å². The van der Waals surface area contributed by atoms with Crippen LogP contribution < -0.4 is 16.8 Å². The molecule has 1 amide bonds. The fourth-order valence-corrected chi connectivity index (χ4v) is 2.94. The quantitative estimate of drug-likeness (QED) is 0.774. The van der Waals surface area contributed by atoms with Crippen molar-refractivity contribution in [2.75, 3.05) is 17.6 Å². The van der Waals surface area contributed by atoms with E-state index in [2.05, 4.69) is 12.2 Å². The van der Waals surface area contributed by atoms with E-state index >= 15 is 0 Å². The molecular formula is C13H19N3OS. The van der Waals surface area contributed by atoms with Crippen LogP contribution in [-0.4, -0.2) is 18.2 Å². The van der Waals surface area contributed by atoms with Crippen LogP contribution in [0.1, 0.15) is 24.9 Å². The van der Waals surface area contributed by atoms with Gasteiger partial charge in [0.25, 0.3) is 0 Å². The molecule has 1 aromatic carbocycles. The van der Waals surface area contributed by atoms with Crippen molar-refractivity contribution in [1.82, 2.24) is 0 Å². The van der Waals surface area contributed by atoms with Crippen molar-refractivity contribution in [1.29, 1.82) is 0 Å². The molecule has 0 fully saturated rings. The zero-order chi connectivity index (χ0) is 13.1. The number of benzene rings is 1. The van der Waals surface area contributed by atoms with Crippen LogP contribution in [0.2, 0.25) is 0 Å². The topological polar surface area (TPSA) is 81.1 Å². The molecule has 0 bridgehead atoms. The number of hydrogen-bond donors (Lipinski definition) is 3. The molecule has 98 valence electrons. The number of nitrogens with one attached hydrogen (secondary N) is 1. The number of thioether (sulfide) groups is 1. The van der Waals surface area contributed by atoms with E-state index in [-0.39, 0.29) is 17.9 Å². The number of hydrogen-bond acceptors (Lipinski definition) is 4. The fourth-order valence-electron chi connectivity index (χ4n) is 2.15. The number of carbonyl (C=O) groups is 1. The predicted octanol–water partition coefficient (Wildman–Crippen LogP) is 1.72. The first-order valence-corrected chi connectivity index (χ1v) is 7.16. The van der Waals surface area contributed by atoms with Crippen LogP contribution in [0.3, 0.4) is 0 Å². The van der Waals surface area contributed by atoms with Gasteiger partial charge in [0.15, 0.2) is 0 Å². The van der Waals surface area contributed by atoms with Crippen LogP contribution in [0.15, 0.2) is 23.1 Å². The number of amides is 1. The zero-order valence-corrected chi connectivity index (χ0v) is 11.3. The largest absolute Gasteiger partial charge is 0.330 e. The molecule has 1 heterocycles. The van der Waals surface area contributed by atoms with Gasteiger partial charge in [-0.3, -0.25) is 4.79 Å². The molecule has 2 unspecified atom stereocenters. The molecule has 0 aliphatic carbocycles. The molecule has 0 radical (unpaired) electrons. The first kappa shape index (κ1) is 13.4. The van der Waals surface area contributed by atoms with E-state index in [4.69, 9.17) is 11.5 Å². The molecule has 1 aromatic rings. The Hall–Kier alpha value is -1.04. The Kier molecular flexibility index (Phi) is 4.27. The van der Waals surface area contributed by atoms with Crippen molar-refractivity contribution in [2.45, 2.75) is 24.3 Å². The van der Waals surface area contributed by atoms with Crippen molar-refractivity contribution < 1.29 is 4.79 Å². The lowest BCUT2D eigenvalue weighted by atomic mass is 9.91. The summed E-state index contributed by atoms with van der Waals surface area (Å²) in [5.74, 6) is 0.804. The van der Waals surface area contributed by atoms with E-state index in [1.54, 1.807) is 11.8 Å². The van der Waals surface area contributed by atoms with Crippen molar-refractivity contribution in [3.8, 4) is 0 Å². The van der Waals surface area contributed by atoms with Crippen LogP contribution in [0.5, 0.6) is 0 Å². The van der Waals surface area contributed by atoms with Crippen LogP contribution >= 0.6 is 11.8 Å². The number of fused-ring (bicyclic) bond motifs is 1. The van der Waals surface area contributed by atoms with Gasteiger partial charge in [0.1, 0.15) is 0 Å². The van der Waals surface area contributed by atoms with Gasteiger partial charge in [-0.1, -0.05) is 19.4 Å². The lowest BCUT2D eigenvalue weighted by Gasteiger charge is -2.24. The molecule has 0 saturated heterocycles. The maximum atomic E-state index is 11.4. The van der Waals surface area contributed by atoms with Crippen LogP contribution in [0.25, 0.3) is 0 Å². The molecule has 5 heteroatoms. The molecule has 18 heavy (non-hydrogen) atoms. The highest BCUT2D eigenvalue weighted by Gasteiger charge is 2.20. The highest BCUT2D eigenvalue weighted by molar-refractivity contribution is 8.00. The Labute approximate surface area is 111 Å². The highest BCUT2D eigenvalue weighted by atomic mass is 32.2. The summed E-state index contributed by atoms with van der Waals surface area (Å²) in [6, 6.07) is 5.96. The first-order chi connectivity index (χ1) is 8.65. The zero-order valence-electron chi connectivity index (χ0n) is 10.5. The maximum absolute atomic E-state index is 11.4. The van der Waals surface area contributed by atoms with Gasteiger partial charge in [0.05, 0.1) is 11.4 Å². The molecule has 0 aromatic heterocycles. The summed E-state index contributed by atoms with van der Waals surface area (Å²) in [5, 5.41) is 2.88. The smallest absolute Gasteiger partial charge is 0.234 e. The van der Waals surface area contributed by atoms with Gasteiger partial charge in [-0.2, -0.15) is 0 Å². The molecule has 1 aliphatic rings. The minimum absolute atomic E-state index is 0.0455. The van der Waals surface area contributed by atoms with Gasteiger partial charge in [0, 0.05) is 10.9 Å². The molecule has 2 rings (SSSR count). The highest BCUT2D eigenvalue weighted by Crippen LogP contribution is 2.34. The van der Waals surface area contributed by atoms with E-state index in [0.717, 1.165) is 22.6 Å². The standard InChI is InChI=1S/C13H19N3OS/c1-2-8(6-14)13(15)9-3-4-11-10(5-9)16-12(17)7-18-11/h3-5,8,13H,2,6-7,14-15H2,1H3,(H,16,17). The molecule has 2 atom stereocenters.